The van der Waals surface area contributed by atoms with E-state index in [2.05, 4.69) is 4.52 Å². The van der Waals surface area contributed by atoms with Crippen molar-refractivity contribution in [2.24, 2.45) is 0 Å². The first kappa shape index (κ1) is 10.0. The molecule has 10 heavy (non-hydrogen) atoms. The molecule has 0 atom stereocenters. The first-order valence-electron chi connectivity index (χ1n) is 3.20. The second-order valence-electron chi connectivity index (χ2n) is 1.95. The molecule has 2 nitrogen and oxygen atoms in total. The Morgan fingerprint density at radius 1 is 1.40 bits per heavy atom. The molecule has 0 rings (SSSR count). The van der Waals surface area contributed by atoms with Crippen LogP contribution in [0.5, 0.6) is 0 Å². The average Bonchev–Trinajstić information content (AvgIpc) is 1.78. The average molecular weight is 172 g/mol. The Morgan fingerprint density at radius 3 is 2.40 bits per heavy atom. The van der Waals surface area contributed by atoms with Gasteiger partial charge in [0.1, 0.15) is 0 Å². The van der Waals surface area contributed by atoms with Crippen molar-refractivity contribution in [3.05, 3.63) is 0 Å². The molecule has 0 heterocycles. The summed E-state index contributed by atoms with van der Waals surface area (Å²) in [6.45, 7) is 1.85. The third kappa shape index (κ3) is 8.05. The molecule has 0 saturated carbocycles. The maximum absolute atomic E-state index is 11.5. The molecule has 62 valence electrons. The summed E-state index contributed by atoms with van der Waals surface area (Å²) in [5, 5.41) is 0. The molecule has 0 aliphatic rings. The van der Waals surface area contributed by atoms with Crippen LogP contribution in [0.25, 0.3) is 0 Å². The van der Waals surface area contributed by atoms with Gasteiger partial charge >= 0.3 is 7.99 Å². The summed E-state index contributed by atoms with van der Waals surface area (Å²) in [4.78, 5) is 0. The summed E-state index contributed by atoms with van der Waals surface area (Å²) < 4.78 is 36.3. The van der Waals surface area contributed by atoms with Crippen LogP contribution < -0.4 is 0 Å². The lowest BCUT2D eigenvalue weighted by Gasteiger charge is -1.98. The third-order valence-corrected chi connectivity index (χ3v) is 1.47. The Kier molecular flexibility index (Phi) is 4.83. The van der Waals surface area contributed by atoms with Gasteiger partial charge in [-0.15, -0.1) is 8.39 Å². The lowest BCUT2D eigenvalue weighted by atomic mass is 10.3. The summed E-state index contributed by atoms with van der Waals surface area (Å²) >= 11 is 0. The van der Waals surface area contributed by atoms with E-state index in [0.29, 0.717) is 6.42 Å². The molecule has 0 aromatic heterocycles. The monoisotopic (exact) mass is 172 g/mol. The minimum atomic E-state index is -5.21. The Bertz CT molecular complexity index is 123. The number of halogens is 2. The number of hydrogen-bond donors (Lipinski definition) is 0. The molecule has 0 aliphatic carbocycles. The number of unbranched alkanes of at least 4 members (excludes halogenated alkanes) is 2. The zero-order chi connectivity index (χ0) is 8.04. The summed E-state index contributed by atoms with van der Waals surface area (Å²) in [6.07, 6.45) is 2.32. The number of rotatable bonds is 5. The fourth-order valence-electron chi connectivity index (χ4n) is 0.523. The van der Waals surface area contributed by atoms with E-state index in [9.17, 15) is 13.0 Å². The molecule has 0 spiro atoms. The predicted molar refractivity (Wildman–Crippen MR) is 35.3 cm³/mol. The summed E-state index contributed by atoms with van der Waals surface area (Å²) in [5.74, 6) is 0. The minimum absolute atomic E-state index is 0.0991. The van der Waals surface area contributed by atoms with Gasteiger partial charge in [0.25, 0.3) is 0 Å². The van der Waals surface area contributed by atoms with Crippen LogP contribution in [0.4, 0.5) is 8.39 Å². The fourth-order valence-corrected chi connectivity index (χ4v) is 0.865. The molecule has 0 aromatic carbocycles. The largest absolute Gasteiger partial charge is 0.551 e. The van der Waals surface area contributed by atoms with E-state index in [1.165, 1.54) is 0 Å². The van der Waals surface area contributed by atoms with Crippen LogP contribution in [0.2, 0.25) is 0 Å². The lowest BCUT2D eigenvalue weighted by molar-refractivity contribution is 0.250. The highest BCUT2D eigenvalue weighted by Gasteiger charge is 2.19. The first-order valence-corrected chi connectivity index (χ1v) is 4.61. The summed E-state index contributed by atoms with van der Waals surface area (Å²) in [6, 6.07) is 0. The van der Waals surface area contributed by atoms with Crippen molar-refractivity contribution in [3.63, 3.8) is 0 Å². The molecular weight excluding hydrogens is 161 g/mol. The molecule has 0 radical (unpaired) electrons. The highest BCUT2D eigenvalue weighted by molar-refractivity contribution is 7.47. The Morgan fingerprint density at radius 2 is 2.00 bits per heavy atom. The van der Waals surface area contributed by atoms with Gasteiger partial charge in [0.2, 0.25) is 0 Å². The van der Waals surface area contributed by atoms with E-state index >= 15 is 0 Å². The predicted octanol–water partition coefficient (Wildman–Crippen LogP) is 3.24. The summed E-state index contributed by atoms with van der Waals surface area (Å²) in [5.41, 5.74) is 0. The van der Waals surface area contributed by atoms with Gasteiger partial charge in [-0.25, -0.2) is 4.57 Å². The van der Waals surface area contributed by atoms with Crippen molar-refractivity contribution >= 4 is 7.99 Å². The normalized spacial score (nSPS) is 11.9. The smallest absolute Gasteiger partial charge is 0.280 e. The van der Waals surface area contributed by atoms with Gasteiger partial charge in [-0.2, -0.15) is 0 Å². The van der Waals surface area contributed by atoms with Crippen molar-refractivity contribution in [2.45, 2.75) is 26.2 Å². The molecule has 0 aliphatic heterocycles. The highest BCUT2D eigenvalue weighted by atomic mass is 31.2. The molecule has 0 fully saturated rings. The van der Waals surface area contributed by atoms with Gasteiger partial charge < -0.3 is 0 Å². The van der Waals surface area contributed by atoms with E-state index < -0.39 is 7.99 Å². The van der Waals surface area contributed by atoms with Gasteiger partial charge in [-0.1, -0.05) is 19.8 Å². The SMILES string of the molecule is CCCCCOP(=O)(F)F. The maximum Gasteiger partial charge on any atom is 0.551 e. The molecule has 0 aromatic rings. The fraction of sp³-hybridized carbons (Fsp3) is 1.00. The van der Waals surface area contributed by atoms with Gasteiger partial charge in [-0.05, 0) is 6.42 Å². The van der Waals surface area contributed by atoms with E-state index in [1.807, 2.05) is 6.92 Å². The van der Waals surface area contributed by atoms with Crippen LogP contribution in [0.1, 0.15) is 26.2 Å². The molecule has 0 saturated heterocycles. The van der Waals surface area contributed by atoms with Crippen molar-refractivity contribution in [3.8, 4) is 0 Å². The molecule has 5 heteroatoms. The number of hydrogen-bond acceptors (Lipinski definition) is 2. The second-order valence-corrected chi connectivity index (χ2v) is 3.04. The van der Waals surface area contributed by atoms with Crippen molar-refractivity contribution < 1.29 is 17.5 Å². The minimum Gasteiger partial charge on any atom is -0.280 e. The van der Waals surface area contributed by atoms with E-state index in [-0.39, 0.29) is 6.61 Å². The topological polar surface area (TPSA) is 26.3 Å². The first-order chi connectivity index (χ1) is 4.56. The Labute approximate surface area is 59.3 Å². The third-order valence-electron chi connectivity index (χ3n) is 0.989. The zero-order valence-electron chi connectivity index (χ0n) is 5.85. The van der Waals surface area contributed by atoms with Crippen LogP contribution in [-0.4, -0.2) is 6.61 Å². The van der Waals surface area contributed by atoms with Gasteiger partial charge in [0.15, 0.2) is 0 Å². The second kappa shape index (κ2) is 4.80. The zero-order valence-corrected chi connectivity index (χ0v) is 6.74. The van der Waals surface area contributed by atoms with E-state index in [4.69, 9.17) is 0 Å². The van der Waals surface area contributed by atoms with E-state index in [0.717, 1.165) is 12.8 Å². The Balaban J connectivity index is 3.13. The standard InChI is InChI=1S/C5H11F2O2P/c1-2-3-4-5-9-10(6,7)8/h2-5H2,1H3. The van der Waals surface area contributed by atoms with Crippen LogP contribution in [0, 0.1) is 0 Å². The quantitative estimate of drug-likeness (QED) is 0.470. The highest BCUT2D eigenvalue weighted by Crippen LogP contribution is 2.50. The van der Waals surface area contributed by atoms with Crippen molar-refractivity contribution in [2.75, 3.05) is 6.61 Å². The Hall–Kier alpha value is 0.0500. The molecule has 0 N–H and O–H groups in total. The molecule has 0 bridgehead atoms. The van der Waals surface area contributed by atoms with Crippen LogP contribution in [-0.2, 0) is 9.09 Å². The van der Waals surface area contributed by atoms with Crippen molar-refractivity contribution in [1.29, 1.82) is 0 Å². The van der Waals surface area contributed by atoms with Gasteiger partial charge in [-0.3, -0.25) is 4.52 Å². The van der Waals surface area contributed by atoms with Crippen LogP contribution >= 0.6 is 7.99 Å². The molecule has 0 amide bonds. The van der Waals surface area contributed by atoms with Crippen LogP contribution in [0.15, 0.2) is 0 Å². The van der Waals surface area contributed by atoms with Crippen molar-refractivity contribution in [1.82, 2.24) is 0 Å². The maximum atomic E-state index is 11.5. The molecule has 0 unspecified atom stereocenters. The van der Waals surface area contributed by atoms with Crippen LogP contribution in [0.3, 0.4) is 0 Å². The van der Waals surface area contributed by atoms with Gasteiger partial charge in [0.05, 0.1) is 6.61 Å². The van der Waals surface area contributed by atoms with E-state index in [1.54, 1.807) is 0 Å². The lowest BCUT2D eigenvalue weighted by Crippen LogP contribution is -1.86. The van der Waals surface area contributed by atoms with Gasteiger partial charge in [0, 0.05) is 0 Å². The molecular formula is C5H11F2O2P. The summed E-state index contributed by atoms with van der Waals surface area (Å²) in [7, 11) is -5.21.